The Hall–Kier alpha value is -1.99. The summed E-state index contributed by atoms with van der Waals surface area (Å²) in [6.07, 6.45) is 2.67. The van der Waals surface area contributed by atoms with Crippen LogP contribution < -0.4 is 5.32 Å². The normalized spacial score (nSPS) is 10.1. The highest BCUT2D eigenvalue weighted by molar-refractivity contribution is 6.32. The second-order valence-electron chi connectivity index (χ2n) is 3.93. The number of benzene rings is 1. The Morgan fingerprint density at radius 2 is 2.28 bits per heavy atom. The molecule has 0 bridgehead atoms. The largest absolute Gasteiger partial charge is 0.385 e. The van der Waals surface area contributed by atoms with Crippen molar-refractivity contribution in [2.24, 2.45) is 7.05 Å². The molecule has 2 aromatic rings. The van der Waals surface area contributed by atoms with Gasteiger partial charge in [0.1, 0.15) is 6.07 Å². The lowest BCUT2D eigenvalue weighted by Crippen LogP contribution is -2.08. The summed E-state index contributed by atoms with van der Waals surface area (Å²) in [6, 6.07) is 9.37. The molecule has 1 N–H and O–H groups in total. The van der Waals surface area contributed by atoms with Crippen LogP contribution in [0, 0.1) is 11.3 Å². The molecule has 2 rings (SSSR count). The van der Waals surface area contributed by atoms with Crippen LogP contribution >= 0.6 is 11.6 Å². The molecular weight excluding hydrogens is 248 g/mol. The highest BCUT2D eigenvalue weighted by atomic mass is 35.5. The molecule has 0 aliphatic carbocycles. The molecule has 0 aliphatic heterocycles. The number of aryl methyl sites for hydroxylation is 1. The third-order valence-corrected chi connectivity index (χ3v) is 3.03. The Labute approximate surface area is 111 Å². The fraction of sp³-hybridized carbons (Fsp3) is 0.231. The van der Waals surface area contributed by atoms with Gasteiger partial charge in [-0.3, -0.25) is 4.68 Å². The summed E-state index contributed by atoms with van der Waals surface area (Å²) in [6.45, 7) is 0.793. The van der Waals surface area contributed by atoms with Crippen LogP contribution in [-0.4, -0.2) is 16.3 Å². The predicted molar refractivity (Wildman–Crippen MR) is 71.6 cm³/mol. The number of rotatable bonds is 4. The van der Waals surface area contributed by atoms with Crippen molar-refractivity contribution in [2.75, 3.05) is 11.9 Å². The van der Waals surface area contributed by atoms with Crippen LogP contribution in [0.3, 0.4) is 0 Å². The number of anilines is 1. The molecule has 0 unspecified atom stereocenters. The van der Waals surface area contributed by atoms with Gasteiger partial charge in [0.15, 0.2) is 0 Å². The Balaban J connectivity index is 1.93. The number of hydrogen-bond acceptors (Lipinski definition) is 3. The Morgan fingerprint density at radius 3 is 2.89 bits per heavy atom. The van der Waals surface area contributed by atoms with Crippen LogP contribution in [0.25, 0.3) is 0 Å². The first-order valence-corrected chi connectivity index (χ1v) is 5.99. The fourth-order valence-corrected chi connectivity index (χ4v) is 1.92. The fourth-order valence-electron chi connectivity index (χ4n) is 1.70. The van der Waals surface area contributed by atoms with E-state index < -0.39 is 0 Å². The lowest BCUT2D eigenvalue weighted by atomic mass is 10.2. The van der Waals surface area contributed by atoms with E-state index in [1.165, 1.54) is 5.69 Å². The van der Waals surface area contributed by atoms with Gasteiger partial charge in [0.2, 0.25) is 0 Å². The van der Waals surface area contributed by atoms with E-state index in [1.807, 2.05) is 29.9 Å². The van der Waals surface area contributed by atoms with Crippen LogP contribution in [0.4, 0.5) is 5.69 Å². The highest BCUT2D eigenvalue weighted by Crippen LogP contribution is 2.20. The Bertz CT molecular complexity index is 583. The average molecular weight is 261 g/mol. The lowest BCUT2D eigenvalue weighted by Gasteiger charge is -2.07. The second-order valence-corrected chi connectivity index (χ2v) is 4.34. The summed E-state index contributed by atoms with van der Waals surface area (Å²) in [5, 5.41) is 16.6. The van der Waals surface area contributed by atoms with Gasteiger partial charge in [-0.2, -0.15) is 10.4 Å². The topological polar surface area (TPSA) is 53.6 Å². The summed E-state index contributed by atoms with van der Waals surface area (Å²) < 4.78 is 1.85. The summed E-state index contributed by atoms with van der Waals surface area (Å²) in [7, 11) is 1.92. The number of nitrogens with one attached hydrogen (secondary N) is 1. The van der Waals surface area contributed by atoms with Gasteiger partial charge in [-0.25, -0.2) is 0 Å². The van der Waals surface area contributed by atoms with E-state index >= 15 is 0 Å². The number of nitriles is 1. The van der Waals surface area contributed by atoms with E-state index in [0.717, 1.165) is 18.7 Å². The van der Waals surface area contributed by atoms with Crippen molar-refractivity contribution in [1.82, 2.24) is 9.78 Å². The van der Waals surface area contributed by atoms with E-state index in [0.29, 0.717) is 10.6 Å². The highest BCUT2D eigenvalue weighted by Gasteiger charge is 2.01. The Kier molecular flexibility index (Phi) is 3.85. The monoisotopic (exact) mass is 260 g/mol. The summed E-state index contributed by atoms with van der Waals surface area (Å²) in [4.78, 5) is 0. The molecule has 0 saturated carbocycles. The standard InChI is InChI=1S/C13H13ClN4/c1-18-12(5-7-17-18)4-6-16-11-3-2-10(9-15)13(14)8-11/h2-3,5,7-8,16H,4,6H2,1H3. The number of nitrogens with zero attached hydrogens (tertiary/aromatic N) is 3. The molecule has 0 aliphatic rings. The zero-order valence-corrected chi connectivity index (χ0v) is 10.8. The Morgan fingerprint density at radius 1 is 1.44 bits per heavy atom. The van der Waals surface area contributed by atoms with Crippen LogP contribution in [0.5, 0.6) is 0 Å². The molecule has 1 heterocycles. The van der Waals surface area contributed by atoms with Gasteiger partial charge in [0.05, 0.1) is 10.6 Å². The molecule has 0 radical (unpaired) electrons. The van der Waals surface area contributed by atoms with Gasteiger partial charge in [-0.1, -0.05) is 11.6 Å². The predicted octanol–water partition coefficient (Wildman–Crippen LogP) is 2.60. The van der Waals surface area contributed by atoms with E-state index in [-0.39, 0.29) is 0 Å². The molecule has 0 saturated heterocycles. The molecule has 0 amide bonds. The molecule has 0 spiro atoms. The van der Waals surface area contributed by atoms with Crippen LogP contribution in [-0.2, 0) is 13.5 Å². The van der Waals surface area contributed by atoms with Crippen LogP contribution in [0.1, 0.15) is 11.3 Å². The average Bonchev–Trinajstić information content (AvgIpc) is 2.75. The summed E-state index contributed by atoms with van der Waals surface area (Å²) in [5.74, 6) is 0. The van der Waals surface area contributed by atoms with Gasteiger partial charge < -0.3 is 5.32 Å². The minimum Gasteiger partial charge on any atom is -0.385 e. The SMILES string of the molecule is Cn1nccc1CCNc1ccc(C#N)c(Cl)c1. The molecule has 18 heavy (non-hydrogen) atoms. The molecule has 1 aromatic heterocycles. The van der Waals surface area contributed by atoms with Gasteiger partial charge in [-0.05, 0) is 24.3 Å². The van der Waals surface area contributed by atoms with Crippen molar-refractivity contribution in [3.05, 3.63) is 46.7 Å². The molecule has 0 fully saturated rings. The number of hydrogen-bond donors (Lipinski definition) is 1. The van der Waals surface area contributed by atoms with Crippen LogP contribution in [0.15, 0.2) is 30.5 Å². The van der Waals surface area contributed by atoms with Crippen LogP contribution in [0.2, 0.25) is 5.02 Å². The molecule has 92 valence electrons. The van der Waals surface area contributed by atoms with E-state index in [1.54, 1.807) is 18.3 Å². The second kappa shape index (κ2) is 5.56. The number of halogens is 1. The number of aromatic nitrogens is 2. The van der Waals surface area contributed by atoms with E-state index in [2.05, 4.69) is 10.4 Å². The van der Waals surface area contributed by atoms with E-state index in [4.69, 9.17) is 16.9 Å². The first kappa shape index (κ1) is 12.5. The van der Waals surface area contributed by atoms with Crippen molar-refractivity contribution in [3.8, 4) is 6.07 Å². The van der Waals surface area contributed by atoms with Crippen molar-refractivity contribution in [2.45, 2.75) is 6.42 Å². The van der Waals surface area contributed by atoms with Crippen molar-refractivity contribution < 1.29 is 0 Å². The molecule has 5 heteroatoms. The van der Waals surface area contributed by atoms with Crippen molar-refractivity contribution >= 4 is 17.3 Å². The van der Waals surface area contributed by atoms with Crippen molar-refractivity contribution in [1.29, 1.82) is 5.26 Å². The maximum absolute atomic E-state index is 8.78. The summed E-state index contributed by atoms with van der Waals surface area (Å²) in [5.41, 5.74) is 2.58. The van der Waals surface area contributed by atoms with Gasteiger partial charge in [0.25, 0.3) is 0 Å². The molecule has 1 aromatic carbocycles. The molecule has 4 nitrogen and oxygen atoms in total. The maximum atomic E-state index is 8.78. The van der Waals surface area contributed by atoms with Gasteiger partial charge >= 0.3 is 0 Å². The lowest BCUT2D eigenvalue weighted by molar-refractivity contribution is 0.711. The zero-order valence-electron chi connectivity index (χ0n) is 10.0. The van der Waals surface area contributed by atoms with Gasteiger partial charge in [-0.15, -0.1) is 0 Å². The third kappa shape index (κ3) is 2.82. The smallest absolute Gasteiger partial charge is 0.101 e. The quantitative estimate of drug-likeness (QED) is 0.919. The minimum atomic E-state index is 0.475. The first-order chi connectivity index (χ1) is 8.70. The third-order valence-electron chi connectivity index (χ3n) is 2.72. The van der Waals surface area contributed by atoms with Gasteiger partial charge in [0, 0.05) is 37.6 Å². The molecular formula is C13H13ClN4. The zero-order chi connectivity index (χ0) is 13.0. The summed E-state index contributed by atoms with van der Waals surface area (Å²) >= 11 is 5.96. The van der Waals surface area contributed by atoms with Crippen molar-refractivity contribution in [3.63, 3.8) is 0 Å². The molecule has 0 atom stereocenters. The maximum Gasteiger partial charge on any atom is 0.101 e. The van der Waals surface area contributed by atoms with E-state index in [9.17, 15) is 0 Å². The minimum absolute atomic E-state index is 0.475. The first-order valence-electron chi connectivity index (χ1n) is 5.61.